The van der Waals surface area contributed by atoms with Crippen molar-refractivity contribution in [2.45, 2.75) is 39.8 Å². The van der Waals surface area contributed by atoms with Crippen LogP contribution in [0.4, 0.5) is 5.95 Å². The number of aromatic nitrogens is 4. The van der Waals surface area contributed by atoms with E-state index in [-0.39, 0.29) is 11.1 Å². The Morgan fingerprint density at radius 2 is 2.09 bits per heavy atom. The van der Waals surface area contributed by atoms with Crippen molar-refractivity contribution in [2.75, 3.05) is 5.32 Å². The van der Waals surface area contributed by atoms with Gasteiger partial charge in [-0.1, -0.05) is 29.8 Å². The molecule has 23 heavy (non-hydrogen) atoms. The first-order valence-electron chi connectivity index (χ1n) is 7.62. The predicted molar refractivity (Wildman–Crippen MR) is 91.7 cm³/mol. The van der Waals surface area contributed by atoms with Crippen LogP contribution in [0.2, 0.25) is 0 Å². The molecule has 0 unspecified atom stereocenters. The third kappa shape index (κ3) is 3.11. The quantitative estimate of drug-likeness (QED) is 0.780. The smallest absolute Gasteiger partial charge is 0.263 e. The van der Waals surface area contributed by atoms with E-state index < -0.39 is 0 Å². The molecule has 0 bridgehead atoms. The number of nitrogens with one attached hydrogen (secondary N) is 2. The Hall–Kier alpha value is -2.63. The summed E-state index contributed by atoms with van der Waals surface area (Å²) in [5, 5.41) is 7.99. The minimum absolute atomic E-state index is 0.183. The molecule has 0 aliphatic carbocycles. The molecule has 0 fully saturated rings. The van der Waals surface area contributed by atoms with Crippen molar-refractivity contribution in [3.8, 4) is 0 Å². The van der Waals surface area contributed by atoms with Gasteiger partial charge in [0.1, 0.15) is 5.39 Å². The molecular weight excluding hydrogens is 290 g/mol. The lowest BCUT2D eigenvalue weighted by Gasteiger charge is -2.19. The molecular formula is C17H21N5O. The Bertz CT molecular complexity index is 901. The van der Waals surface area contributed by atoms with Gasteiger partial charge in [-0.2, -0.15) is 10.1 Å². The lowest BCUT2D eigenvalue weighted by atomic mass is 10.1. The van der Waals surface area contributed by atoms with E-state index >= 15 is 0 Å². The summed E-state index contributed by atoms with van der Waals surface area (Å²) in [5.41, 5.74) is 2.51. The van der Waals surface area contributed by atoms with Crippen LogP contribution in [0.3, 0.4) is 0 Å². The average molecular weight is 311 g/mol. The summed E-state index contributed by atoms with van der Waals surface area (Å²) in [5.74, 6) is 0.454. The van der Waals surface area contributed by atoms with E-state index in [1.165, 1.54) is 5.56 Å². The Morgan fingerprint density at radius 1 is 1.30 bits per heavy atom. The zero-order valence-electron chi connectivity index (χ0n) is 13.8. The molecule has 2 heterocycles. The number of nitrogens with zero attached hydrogens (tertiary/aromatic N) is 3. The molecule has 3 rings (SSSR count). The molecule has 6 heteroatoms. The van der Waals surface area contributed by atoms with Gasteiger partial charge in [-0.15, -0.1) is 0 Å². The van der Waals surface area contributed by atoms with Gasteiger partial charge in [0, 0.05) is 6.54 Å². The standard InChI is InChI=1S/C17H21N5O/c1-11-6-5-7-12(8-11)9-18-16-20-14-13(15(23)21-16)10-19-22(14)17(2,3)4/h5-8,10H,9H2,1-4H3,(H2,18,20,21,23). The van der Waals surface area contributed by atoms with E-state index in [0.717, 1.165) is 5.56 Å². The second kappa shape index (κ2) is 5.53. The van der Waals surface area contributed by atoms with Gasteiger partial charge in [-0.3, -0.25) is 9.78 Å². The van der Waals surface area contributed by atoms with Crippen molar-refractivity contribution in [3.05, 3.63) is 51.9 Å². The van der Waals surface area contributed by atoms with E-state index in [4.69, 9.17) is 0 Å². The molecule has 0 saturated carbocycles. The van der Waals surface area contributed by atoms with Gasteiger partial charge >= 0.3 is 0 Å². The van der Waals surface area contributed by atoms with Crippen LogP contribution in [0, 0.1) is 6.92 Å². The first-order chi connectivity index (χ1) is 10.8. The van der Waals surface area contributed by atoms with E-state index in [9.17, 15) is 4.79 Å². The monoisotopic (exact) mass is 311 g/mol. The number of anilines is 1. The summed E-state index contributed by atoms with van der Waals surface area (Å²) in [4.78, 5) is 19.5. The van der Waals surface area contributed by atoms with E-state index in [1.807, 2.05) is 32.9 Å². The Kier molecular flexibility index (Phi) is 3.67. The van der Waals surface area contributed by atoms with Crippen molar-refractivity contribution in [2.24, 2.45) is 0 Å². The predicted octanol–water partition coefficient (Wildman–Crippen LogP) is 2.80. The van der Waals surface area contributed by atoms with Gasteiger partial charge in [0.15, 0.2) is 5.65 Å². The summed E-state index contributed by atoms with van der Waals surface area (Å²) in [6.45, 7) is 8.74. The minimum Gasteiger partial charge on any atom is -0.352 e. The van der Waals surface area contributed by atoms with E-state index in [1.54, 1.807) is 10.9 Å². The number of hydrogen-bond acceptors (Lipinski definition) is 4. The summed E-state index contributed by atoms with van der Waals surface area (Å²) in [7, 11) is 0. The SMILES string of the molecule is Cc1cccc(CNc2nc3c(cnn3C(C)(C)C)c(=O)[nH]2)c1. The summed E-state index contributed by atoms with van der Waals surface area (Å²) in [6.07, 6.45) is 1.57. The molecule has 0 aliphatic heterocycles. The maximum absolute atomic E-state index is 12.2. The summed E-state index contributed by atoms with van der Waals surface area (Å²) < 4.78 is 1.77. The largest absolute Gasteiger partial charge is 0.352 e. The normalized spacial score (nSPS) is 11.8. The lowest BCUT2D eigenvalue weighted by Crippen LogP contribution is -2.24. The van der Waals surface area contributed by atoms with Crippen molar-refractivity contribution in [1.29, 1.82) is 0 Å². The average Bonchev–Trinajstić information content (AvgIpc) is 2.90. The van der Waals surface area contributed by atoms with Gasteiger partial charge in [0.2, 0.25) is 5.95 Å². The van der Waals surface area contributed by atoms with Gasteiger partial charge in [-0.05, 0) is 33.3 Å². The van der Waals surface area contributed by atoms with E-state index in [2.05, 4.69) is 39.4 Å². The molecule has 2 aromatic heterocycles. The molecule has 0 saturated heterocycles. The number of aromatic amines is 1. The fourth-order valence-corrected chi connectivity index (χ4v) is 2.50. The van der Waals surface area contributed by atoms with Crippen LogP contribution >= 0.6 is 0 Å². The fraction of sp³-hybridized carbons (Fsp3) is 0.353. The molecule has 120 valence electrons. The molecule has 6 nitrogen and oxygen atoms in total. The summed E-state index contributed by atoms with van der Waals surface area (Å²) >= 11 is 0. The number of hydrogen-bond donors (Lipinski definition) is 2. The lowest BCUT2D eigenvalue weighted by molar-refractivity contribution is 0.366. The highest BCUT2D eigenvalue weighted by Gasteiger charge is 2.19. The highest BCUT2D eigenvalue weighted by atomic mass is 16.1. The van der Waals surface area contributed by atoms with Crippen molar-refractivity contribution in [1.82, 2.24) is 19.7 Å². The summed E-state index contributed by atoms with van der Waals surface area (Å²) in [6, 6.07) is 8.21. The van der Waals surface area contributed by atoms with Gasteiger partial charge < -0.3 is 5.32 Å². The Balaban J connectivity index is 1.94. The first-order valence-corrected chi connectivity index (χ1v) is 7.62. The number of benzene rings is 1. The minimum atomic E-state index is -0.240. The van der Waals surface area contributed by atoms with Crippen LogP contribution in [0.25, 0.3) is 11.0 Å². The highest BCUT2D eigenvalue weighted by Crippen LogP contribution is 2.18. The van der Waals surface area contributed by atoms with Gasteiger partial charge in [-0.25, -0.2) is 4.68 Å². The Labute approximate surface area is 134 Å². The van der Waals surface area contributed by atoms with Gasteiger partial charge in [0.05, 0.1) is 11.7 Å². The number of aryl methyl sites for hydroxylation is 1. The van der Waals surface area contributed by atoms with Crippen LogP contribution in [-0.4, -0.2) is 19.7 Å². The van der Waals surface area contributed by atoms with Crippen LogP contribution in [0.15, 0.2) is 35.3 Å². The van der Waals surface area contributed by atoms with Crippen LogP contribution < -0.4 is 10.9 Å². The molecule has 2 N–H and O–H groups in total. The second-order valence-electron chi connectivity index (χ2n) is 6.72. The fourth-order valence-electron chi connectivity index (χ4n) is 2.50. The number of fused-ring (bicyclic) bond motifs is 1. The zero-order chi connectivity index (χ0) is 16.6. The molecule has 0 spiro atoms. The van der Waals surface area contributed by atoms with Crippen molar-refractivity contribution >= 4 is 17.0 Å². The third-order valence-corrected chi connectivity index (χ3v) is 3.62. The number of H-pyrrole nitrogens is 1. The van der Waals surface area contributed by atoms with E-state index in [0.29, 0.717) is 23.5 Å². The van der Waals surface area contributed by atoms with Crippen LogP contribution in [-0.2, 0) is 12.1 Å². The molecule has 0 amide bonds. The van der Waals surface area contributed by atoms with Gasteiger partial charge in [0.25, 0.3) is 5.56 Å². The highest BCUT2D eigenvalue weighted by molar-refractivity contribution is 5.74. The zero-order valence-corrected chi connectivity index (χ0v) is 13.8. The van der Waals surface area contributed by atoms with Crippen LogP contribution in [0.5, 0.6) is 0 Å². The third-order valence-electron chi connectivity index (χ3n) is 3.62. The molecule has 0 atom stereocenters. The second-order valence-corrected chi connectivity index (χ2v) is 6.72. The maximum atomic E-state index is 12.2. The Morgan fingerprint density at radius 3 is 2.78 bits per heavy atom. The maximum Gasteiger partial charge on any atom is 0.263 e. The van der Waals surface area contributed by atoms with Crippen molar-refractivity contribution < 1.29 is 0 Å². The molecule has 3 aromatic rings. The first kappa shape index (κ1) is 15.3. The topological polar surface area (TPSA) is 75.6 Å². The van der Waals surface area contributed by atoms with Crippen molar-refractivity contribution in [3.63, 3.8) is 0 Å². The molecule has 1 aromatic carbocycles. The molecule has 0 aliphatic rings. The van der Waals surface area contributed by atoms with Crippen LogP contribution in [0.1, 0.15) is 31.9 Å². The number of rotatable bonds is 3. The molecule has 0 radical (unpaired) electrons.